The molecule has 1 fully saturated rings. The topological polar surface area (TPSA) is 72.8 Å². The van der Waals surface area contributed by atoms with Gasteiger partial charge in [0.2, 0.25) is 0 Å². The molecule has 0 aliphatic heterocycles. The van der Waals surface area contributed by atoms with Gasteiger partial charge in [0.05, 0.1) is 25.4 Å². The first kappa shape index (κ1) is 17.4. The van der Waals surface area contributed by atoms with Crippen LogP contribution in [0.3, 0.4) is 0 Å². The minimum absolute atomic E-state index is 0.119. The largest absolute Gasteiger partial charge is 0.391 e. The van der Waals surface area contributed by atoms with Gasteiger partial charge in [-0.1, -0.05) is 30.3 Å². The lowest BCUT2D eigenvalue weighted by atomic mass is 10.2. The van der Waals surface area contributed by atoms with Crippen molar-refractivity contribution < 1.29 is 22.4 Å². The monoisotopic (exact) mass is 328 g/mol. The maximum atomic E-state index is 12.2. The highest BCUT2D eigenvalue weighted by molar-refractivity contribution is 7.88. The number of ether oxygens (including phenoxy) is 1. The van der Waals surface area contributed by atoms with Crippen molar-refractivity contribution in [3.05, 3.63) is 35.9 Å². The van der Waals surface area contributed by atoms with Crippen LogP contribution in [0.5, 0.6) is 0 Å². The van der Waals surface area contributed by atoms with Crippen LogP contribution in [-0.2, 0) is 25.6 Å². The zero-order valence-corrected chi connectivity index (χ0v) is 13.9. The Kier molecular flexibility index (Phi) is 5.60. The first-order valence-corrected chi connectivity index (χ1v) is 8.98. The van der Waals surface area contributed by atoms with E-state index in [0.717, 1.165) is 5.56 Å². The maximum Gasteiger partial charge on any atom is 0.273 e. The molecule has 0 spiro atoms. The van der Waals surface area contributed by atoms with Crippen LogP contribution in [0, 0.1) is 0 Å². The lowest BCUT2D eigenvalue weighted by molar-refractivity contribution is 0.0225. The Bertz CT molecular complexity index is 563. The van der Waals surface area contributed by atoms with E-state index in [1.54, 1.807) is 13.8 Å². The second-order valence-electron chi connectivity index (χ2n) is 6.14. The van der Waals surface area contributed by atoms with Crippen LogP contribution in [0.1, 0.15) is 38.7 Å². The van der Waals surface area contributed by atoms with Crippen molar-refractivity contribution in [3.63, 3.8) is 0 Å². The molecule has 1 aliphatic carbocycles. The molecule has 1 aromatic rings. The van der Waals surface area contributed by atoms with Crippen LogP contribution in [0.4, 0.5) is 0 Å². The molecule has 0 aromatic heterocycles. The summed E-state index contributed by atoms with van der Waals surface area (Å²) < 4.78 is 34.0. The Labute approximate surface area is 132 Å². The lowest BCUT2D eigenvalue weighted by Crippen LogP contribution is -2.33. The molecule has 1 aromatic carbocycles. The second-order valence-corrected chi connectivity index (χ2v) is 8.11. The number of aliphatic hydroxyl groups excluding tert-OH is 1. The Morgan fingerprint density at radius 3 is 2.41 bits per heavy atom. The van der Waals surface area contributed by atoms with Gasteiger partial charge in [-0.05, 0) is 38.7 Å². The quantitative estimate of drug-likeness (QED) is 0.704. The normalized spacial score (nSPS) is 18.4. The third kappa shape index (κ3) is 4.52. The summed E-state index contributed by atoms with van der Waals surface area (Å²) in [5.74, 6) is 0. The van der Waals surface area contributed by atoms with Crippen LogP contribution >= 0.6 is 0 Å². The van der Waals surface area contributed by atoms with E-state index >= 15 is 0 Å². The highest BCUT2D eigenvalue weighted by Crippen LogP contribution is 2.48. The summed E-state index contributed by atoms with van der Waals surface area (Å²) in [6.07, 6.45) is 0.0533. The summed E-state index contributed by atoms with van der Waals surface area (Å²) >= 11 is 0. The fourth-order valence-electron chi connectivity index (χ4n) is 2.43. The minimum atomic E-state index is -3.64. The molecule has 1 saturated carbocycles. The average molecular weight is 328 g/mol. The maximum absolute atomic E-state index is 12.2. The SMILES string of the molecule is CC(C)OS(=O)(=O)C1(C[C@H](O)COCc2ccccc2)CC1. The van der Waals surface area contributed by atoms with Crippen LogP contribution in [-0.4, -0.2) is 37.1 Å². The van der Waals surface area contributed by atoms with Gasteiger partial charge in [0.25, 0.3) is 10.1 Å². The van der Waals surface area contributed by atoms with Gasteiger partial charge in [-0.2, -0.15) is 8.42 Å². The summed E-state index contributed by atoms with van der Waals surface area (Å²) in [6, 6.07) is 9.65. The van der Waals surface area contributed by atoms with E-state index < -0.39 is 21.0 Å². The van der Waals surface area contributed by atoms with Crippen LogP contribution < -0.4 is 0 Å². The highest BCUT2D eigenvalue weighted by atomic mass is 32.2. The predicted molar refractivity (Wildman–Crippen MR) is 83.8 cm³/mol. The first-order valence-electron chi connectivity index (χ1n) is 7.57. The Morgan fingerprint density at radius 1 is 1.23 bits per heavy atom. The lowest BCUT2D eigenvalue weighted by Gasteiger charge is -2.20. The number of aliphatic hydroxyl groups is 1. The molecule has 6 heteroatoms. The zero-order valence-electron chi connectivity index (χ0n) is 13.1. The summed E-state index contributed by atoms with van der Waals surface area (Å²) in [5, 5.41) is 10.1. The Hall–Kier alpha value is -0.950. The molecule has 0 heterocycles. The van der Waals surface area contributed by atoms with Gasteiger partial charge in [0, 0.05) is 0 Å². The first-order chi connectivity index (χ1) is 10.3. The van der Waals surface area contributed by atoms with Crippen molar-refractivity contribution >= 4 is 10.1 Å². The van der Waals surface area contributed by atoms with Crippen molar-refractivity contribution in [2.45, 2.75) is 56.7 Å². The molecule has 0 amide bonds. The molecule has 5 nitrogen and oxygen atoms in total. The van der Waals surface area contributed by atoms with E-state index in [1.165, 1.54) is 0 Å². The number of rotatable bonds is 9. The van der Waals surface area contributed by atoms with Crippen molar-refractivity contribution in [3.8, 4) is 0 Å². The van der Waals surface area contributed by atoms with Gasteiger partial charge in [-0.3, -0.25) is 4.18 Å². The van der Waals surface area contributed by atoms with E-state index in [1.807, 2.05) is 30.3 Å². The molecule has 22 heavy (non-hydrogen) atoms. The summed E-state index contributed by atoms with van der Waals surface area (Å²) in [4.78, 5) is 0. The van der Waals surface area contributed by atoms with Gasteiger partial charge >= 0.3 is 0 Å². The van der Waals surface area contributed by atoms with Crippen LogP contribution in [0.15, 0.2) is 30.3 Å². The van der Waals surface area contributed by atoms with E-state index in [2.05, 4.69) is 0 Å². The molecule has 1 aliphatic rings. The van der Waals surface area contributed by atoms with Crippen LogP contribution in [0.25, 0.3) is 0 Å². The molecule has 0 bridgehead atoms. The van der Waals surface area contributed by atoms with Crippen molar-refractivity contribution in [1.82, 2.24) is 0 Å². The van der Waals surface area contributed by atoms with Gasteiger partial charge < -0.3 is 9.84 Å². The number of benzene rings is 1. The molecular weight excluding hydrogens is 304 g/mol. The summed E-state index contributed by atoms with van der Waals surface area (Å²) in [6.45, 7) is 3.90. The third-order valence-corrected chi connectivity index (χ3v) is 5.96. The molecule has 0 saturated heterocycles. The molecule has 1 atom stereocenters. The third-order valence-electron chi connectivity index (χ3n) is 3.69. The van der Waals surface area contributed by atoms with E-state index in [0.29, 0.717) is 19.4 Å². The Morgan fingerprint density at radius 2 is 1.86 bits per heavy atom. The molecular formula is C16H24O5S. The second kappa shape index (κ2) is 7.08. The summed E-state index contributed by atoms with van der Waals surface area (Å²) in [7, 11) is -3.64. The van der Waals surface area contributed by atoms with Crippen LogP contribution in [0.2, 0.25) is 0 Å². The predicted octanol–water partition coefficient (Wildman–Crippen LogP) is 2.24. The molecule has 124 valence electrons. The molecule has 2 rings (SSSR count). The highest BCUT2D eigenvalue weighted by Gasteiger charge is 2.56. The number of hydrogen-bond donors (Lipinski definition) is 1. The Balaban J connectivity index is 1.80. The smallest absolute Gasteiger partial charge is 0.273 e. The fourth-order valence-corrected chi connectivity index (χ4v) is 4.14. The molecule has 0 unspecified atom stereocenters. The van der Waals surface area contributed by atoms with E-state index in [-0.39, 0.29) is 19.1 Å². The van der Waals surface area contributed by atoms with E-state index in [4.69, 9.17) is 8.92 Å². The van der Waals surface area contributed by atoms with Crippen molar-refractivity contribution in [2.24, 2.45) is 0 Å². The average Bonchev–Trinajstić information content (AvgIpc) is 3.20. The fraction of sp³-hybridized carbons (Fsp3) is 0.625. The van der Waals surface area contributed by atoms with Gasteiger partial charge in [0.15, 0.2) is 0 Å². The van der Waals surface area contributed by atoms with Crippen molar-refractivity contribution in [2.75, 3.05) is 6.61 Å². The standard InChI is InChI=1S/C16H24O5S/c1-13(2)21-22(18,19)16(8-9-16)10-15(17)12-20-11-14-6-4-3-5-7-14/h3-7,13,15,17H,8-12H2,1-2H3/t15-/m0/s1. The minimum Gasteiger partial charge on any atom is -0.391 e. The molecule has 0 radical (unpaired) electrons. The van der Waals surface area contributed by atoms with E-state index in [9.17, 15) is 13.5 Å². The van der Waals surface area contributed by atoms with Gasteiger partial charge in [0.1, 0.15) is 4.75 Å². The zero-order chi connectivity index (χ0) is 16.2. The summed E-state index contributed by atoms with van der Waals surface area (Å²) in [5.41, 5.74) is 1.02. The van der Waals surface area contributed by atoms with Crippen molar-refractivity contribution in [1.29, 1.82) is 0 Å². The van der Waals surface area contributed by atoms with Gasteiger partial charge in [-0.25, -0.2) is 0 Å². The number of hydrogen-bond acceptors (Lipinski definition) is 5. The molecule has 1 N–H and O–H groups in total. The van der Waals surface area contributed by atoms with Gasteiger partial charge in [-0.15, -0.1) is 0 Å².